The molecule has 1 saturated heterocycles. The van der Waals surface area contributed by atoms with E-state index in [0.717, 1.165) is 13.1 Å². The molecule has 0 saturated carbocycles. The highest BCUT2D eigenvalue weighted by Gasteiger charge is 2.30. The van der Waals surface area contributed by atoms with Crippen LogP contribution in [0.2, 0.25) is 0 Å². The molecule has 32 heavy (non-hydrogen) atoms. The minimum absolute atomic E-state index is 0.219. The van der Waals surface area contributed by atoms with E-state index < -0.39 is 5.54 Å². The lowest BCUT2D eigenvalue weighted by atomic mass is 10.0. The Kier molecular flexibility index (Phi) is 7.05. The average Bonchev–Trinajstić information content (AvgIpc) is 2.93. The fourth-order valence-corrected chi connectivity index (χ4v) is 4.27. The molecule has 0 atom stereocenters. The summed E-state index contributed by atoms with van der Waals surface area (Å²) >= 11 is 0. The van der Waals surface area contributed by atoms with Gasteiger partial charge in [-0.15, -0.1) is 0 Å². The van der Waals surface area contributed by atoms with E-state index >= 15 is 0 Å². The van der Waals surface area contributed by atoms with Crippen LogP contribution in [0.4, 0.5) is 10.1 Å². The van der Waals surface area contributed by atoms with Gasteiger partial charge < -0.3 is 19.9 Å². The van der Waals surface area contributed by atoms with E-state index in [1.165, 1.54) is 12.1 Å². The third-order valence-corrected chi connectivity index (χ3v) is 5.96. The molecule has 0 spiro atoms. The largest absolute Gasteiger partial charge is 0.379 e. The number of carbonyl (C=O) groups excluding carboxylic acids is 2. The minimum Gasteiger partial charge on any atom is -0.379 e. The first-order chi connectivity index (χ1) is 15.0. The van der Waals surface area contributed by atoms with E-state index in [-0.39, 0.29) is 17.6 Å². The second-order valence-electron chi connectivity index (χ2n) is 9.14. The van der Waals surface area contributed by atoms with Gasteiger partial charge in [-0.1, -0.05) is 0 Å². The molecule has 0 unspecified atom stereocenters. The van der Waals surface area contributed by atoms with E-state index in [1.807, 2.05) is 20.8 Å². The lowest BCUT2D eigenvalue weighted by Crippen LogP contribution is -2.53. The molecule has 1 aromatic heterocycles. The molecule has 1 aliphatic rings. The Morgan fingerprint density at radius 3 is 2.41 bits per heavy atom. The molecule has 2 heterocycles. The standard InChI is InChI=1S/C24H33FN4O3/c1-15-13-18(7-8-19(15)25)26-22(30)20-16(2)21(28(6)17(20)3)23(31)27-24(4,5)14-29-9-11-32-12-10-29/h7-8,13H,9-12,14H2,1-6H3,(H,26,30)(H,27,31). The maximum atomic E-state index is 13.5. The van der Waals surface area contributed by atoms with Crippen LogP contribution in [-0.4, -0.2) is 59.7 Å². The first-order valence-electron chi connectivity index (χ1n) is 10.9. The van der Waals surface area contributed by atoms with Crippen LogP contribution in [0.3, 0.4) is 0 Å². The molecule has 7 nitrogen and oxygen atoms in total. The SMILES string of the molecule is Cc1cc(NC(=O)c2c(C)c(C(=O)NC(C)(C)CN3CCOCC3)n(C)c2C)ccc1F. The number of rotatable bonds is 6. The van der Waals surface area contributed by atoms with Crippen molar-refractivity contribution in [3.05, 3.63) is 52.1 Å². The second kappa shape index (κ2) is 9.42. The fraction of sp³-hybridized carbons (Fsp3) is 0.500. The normalized spacial score (nSPS) is 15.0. The number of nitrogens with one attached hydrogen (secondary N) is 2. The van der Waals surface area contributed by atoms with Crippen LogP contribution >= 0.6 is 0 Å². The molecule has 174 valence electrons. The molecule has 8 heteroatoms. The highest BCUT2D eigenvalue weighted by atomic mass is 19.1. The Morgan fingerprint density at radius 2 is 1.78 bits per heavy atom. The first-order valence-corrected chi connectivity index (χ1v) is 10.9. The molecule has 1 aliphatic heterocycles. The topological polar surface area (TPSA) is 75.6 Å². The zero-order chi connectivity index (χ0) is 23.6. The van der Waals surface area contributed by atoms with Crippen molar-refractivity contribution >= 4 is 17.5 Å². The van der Waals surface area contributed by atoms with Gasteiger partial charge in [0.1, 0.15) is 11.5 Å². The zero-order valence-corrected chi connectivity index (χ0v) is 19.8. The van der Waals surface area contributed by atoms with Crippen LogP contribution in [0.25, 0.3) is 0 Å². The number of aromatic nitrogens is 1. The van der Waals surface area contributed by atoms with Gasteiger partial charge in [0.25, 0.3) is 11.8 Å². The number of benzene rings is 1. The van der Waals surface area contributed by atoms with Gasteiger partial charge in [0, 0.05) is 43.6 Å². The van der Waals surface area contributed by atoms with Crippen molar-refractivity contribution in [1.82, 2.24) is 14.8 Å². The average molecular weight is 445 g/mol. The Labute approximate surface area is 188 Å². The summed E-state index contributed by atoms with van der Waals surface area (Å²) in [5.41, 5.74) is 2.72. The Hall–Kier alpha value is -2.71. The van der Waals surface area contributed by atoms with Gasteiger partial charge in [0.15, 0.2) is 0 Å². The molecule has 0 bridgehead atoms. The number of hydrogen-bond acceptors (Lipinski definition) is 4. The van der Waals surface area contributed by atoms with Crippen LogP contribution in [0, 0.1) is 26.6 Å². The molecule has 2 amide bonds. The Balaban J connectivity index is 1.79. The number of nitrogens with zero attached hydrogens (tertiary/aromatic N) is 2. The lowest BCUT2D eigenvalue weighted by molar-refractivity contribution is 0.0268. The van der Waals surface area contributed by atoms with E-state index in [0.29, 0.717) is 53.5 Å². The summed E-state index contributed by atoms with van der Waals surface area (Å²) in [6.45, 7) is 13.0. The molecule has 1 fully saturated rings. The van der Waals surface area contributed by atoms with Crippen molar-refractivity contribution in [2.45, 2.75) is 40.2 Å². The van der Waals surface area contributed by atoms with Crippen molar-refractivity contribution in [1.29, 1.82) is 0 Å². The van der Waals surface area contributed by atoms with Crippen LogP contribution in [0.15, 0.2) is 18.2 Å². The quantitative estimate of drug-likeness (QED) is 0.718. The number of aryl methyl sites for hydroxylation is 1. The summed E-state index contributed by atoms with van der Waals surface area (Å²) < 4.78 is 20.7. The van der Waals surface area contributed by atoms with Gasteiger partial charge >= 0.3 is 0 Å². The third kappa shape index (κ3) is 5.19. The highest BCUT2D eigenvalue weighted by Crippen LogP contribution is 2.24. The summed E-state index contributed by atoms with van der Waals surface area (Å²) in [5.74, 6) is -0.870. The monoisotopic (exact) mass is 444 g/mol. The molecular weight excluding hydrogens is 411 g/mol. The number of carbonyl (C=O) groups is 2. The predicted octanol–water partition coefficient (Wildman–Crippen LogP) is 3.18. The van der Waals surface area contributed by atoms with Gasteiger partial charge in [-0.05, 0) is 63.9 Å². The molecule has 2 N–H and O–H groups in total. The zero-order valence-electron chi connectivity index (χ0n) is 19.8. The number of hydrogen-bond donors (Lipinski definition) is 2. The van der Waals surface area contributed by atoms with Gasteiger partial charge in [-0.2, -0.15) is 0 Å². The van der Waals surface area contributed by atoms with Crippen molar-refractivity contribution in [3.8, 4) is 0 Å². The molecule has 1 aromatic carbocycles. The Morgan fingerprint density at radius 1 is 1.12 bits per heavy atom. The fourth-order valence-electron chi connectivity index (χ4n) is 4.27. The van der Waals surface area contributed by atoms with Crippen molar-refractivity contribution in [3.63, 3.8) is 0 Å². The van der Waals surface area contributed by atoms with Gasteiger partial charge in [0.2, 0.25) is 0 Å². The highest BCUT2D eigenvalue weighted by molar-refractivity contribution is 6.09. The van der Waals surface area contributed by atoms with Gasteiger partial charge in [-0.3, -0.25) is 14.5 Å². The minimum atomic E-state index is -0.451. The molecule has 0 radical (unpaired) electrons. The van der Waals surface area contributed by atoms with E-state index in [2.05, 4.69) is 15.5 Å². The maximum absolute atomic E-state index is 13.5. The number of morpholine rings is 1. The summed E-state index contributed by atoms with van der Waals surface area (Å²) in [7, 11) is 1.78. The third-order valence-electron chi connectivity index (χ3n) is 5.96. The second-order valence-corrected chi connectivity index (χ2v) is 9.14. The van der Waals surface area contributed by atoms with Crippen LogP contribution in [-0.2, 0) is 11.8 Å². The van der Waals surface area contributed by atoms with Crippen molar-refractivity contribution in [2.75, 3.05) is 38.2 Å². The molecule has 0 aliphatic carbocycles. The lowest BCUT2D eigenvalue weighted by Gasteiger charge is -2.35. The summed E-state index contributed by atoms with van der Waals surface area (Å²) in [6.07, 6.45) is 0. The van der Waals surface area contributed by atoms with Crippen molar-refractivity contribution < 1.29 is 18.7 Å². The smallest absolute Gasteiger partial charge is 0.268 e. The van der Waals surface area contributed by atoms with Crippen LogP contribution < -0.4 is 10.6 Å². The van der Waals surface area contributed by atoms with Gasteiger partial charge in [-0.25, -0.2) is 4.39 Å². The summed E-state index contributed by atoms with van der Waals surface area (Å²) in [4.78, 5) is 28.5. The van der Waals surface area contributed by atoms with E-state index in [1.54, 1.807) is 31.5 Å². The summed E-state index contributed by atoms with van der Waals surface area (Å²) in [6, 6.07) is 4.43. The van der Waals surface area contributed by atoms with E-state index in [9.17, 15) is 14.0 Å². The van der Waals surface area contributed by atoms with E-state index in [4.69, 9.17) is 4.74 Å². The van der Waals surface area contributed by atoms with Crippen molar-refractivity contribution in [2.24, 2.45) is 7.05 Å². The van der Waals surface area contributed by atoms with Crippen LogP contribution in [0.5, 0.6) is 0 Å². The summed E-state index contributed by atoms with van der Waals surface area (Å²) in [5, 5.41) is 5.95. The molecular formula is C24H33FN4O3. The number of halogens is 1. The number of amides is 2. The first kappa shape index (κ1) is 23.9. The molecule has 3 rings (SSSR count). The van der Waals surface area contributed by atoms with Crippen LogP contribution in [0.1, 0.15) is 51.5 Å². The predicted molar refractivity (Wildman–Crippen MR) is 123 cm³/mol. The number of anilines is 1. The molecule has 2 aromatic rings. The number of ether oxygens (including phenoxy) is 1. The maximum Gasteiger partial charge on any atom is 0.268 e. The Bertz CT molecular complexity index is 1020. The van der Waals surface area contributed by atoms with Gasteiger partial charge in [0.05, 0.1) is 18.8 Å².